The molecule has 0 aromatic heterocycles. The van der Waals surface area contributed by atoms with Crippen molar-refractivity contribution in [2.45, 2.75) is 52.1 Å². The highest BCUT2D eigenvalue weighted by Gasteiger charge is 2.27. The highest BCUT2D eigenvalue weighted by atomic mass is 16.5. The van der Waals surface area contributed by atoms with Crippen LogP contribution in [-0.2, 0) is 4.79 Å². The number of ether oxygens (including phenoxy) is 1. The summed E-state index contributed by atoms with van der Waals surface area (Å²) in [5, 5.41) is 6.69. The van der Waals surface area contributed by atoms with Crippen LogP contribution in [0.3, 0.4) is 0 Å². The summed E-state index contributed by atoms with van der Waals surface area (Å²) in [6.45, 7) is 7.43. The lowest BCUT2D eigenvalue weighted by atomic mass is 9.90. The average molecular weight is 318 g/mol. The summed E-state index contributed by atoms with van der Waals surface area (Å²) in [5.41, 5.74) is 1.07. The van der Waals surface area contributed by atoms with Gasteiger partial charge in [0.1, 0.15) is 5.75 Å². The second-order valence-corrected chi connectivity index (χ2v) is 7.01. The summed E-state index contributed by atoms with van der Waals surface area (Å²) in [4.78, 5) is 12.7. The highest BCUT2D eigenvalue weighted by molar-refractivity contribution is 5.79. The molecule has 0 radical (unpaired) electrons. The minimum Gasteiger partial charge on any atom is -0.496 e. The first-order valence-electron chi connectivity index (χ1n) is 8.68. The molecule has 2 N–H and O–H groups in total. The van der Waals surface area contributed by atoms with Crippen molar-refractivity contribution in [3.63, 3.8) is 0 Å². The van der Waals surface area contributed by atoms with Crippen molar-refractivity contribution in [3.05, 3.63) is 29.8 Å². The molecule has 1 aromatic rings. The van der Waals surface area contributed by atoms with Crippen molar-refractivity contribution in [3.8, 4) is 5.75 Å². The van der Waals surface area contributed by atoms with Crippen LogP contribution in [0.4, 0.5) is 0 Å². The minimum absolute atomic E-state index is 0.00356. The summed E-state index contributed by atoms with van der Waals surface area (Å²) >= 11 is 0. The third-order valence-corrected chi connectivity index (χ3v) is 4.53. The van der Waals surface area contributed by atoms with Crippen molar-refractivity contribution in [2.75, 3.05) is 13.7 Å². The molecule has 0 saturated carbocycles. The molecule has 0 aliphatic carbocycles. The molecular formula is C19H30N2O2. The number of hydrogen-bond donors (Lipinski definition) is 2. The van der Waals surface area contributed by atoms with Crippen LogP contribution in [0, 0.1) is 11.8 Å². The Balaban J connectivity index is 2.13. The number of piperidine rings is 1. The van der Waals surface area contributed by atoms with Gasteiger partial charge in [0, 0.05) is 17.5 Å². The zero-order chi connectivity index (χ0) is 16.8. The zero-order valence-corrected chi connectivity index (χ0v) is 14.8. The van der Waals surface area contributed by atoms with Gasteiger partial charge in [0.25, 0.3) is 0 Å². The maximum atomic E-state index is 12.7. The van der Waals surface area contributed by atoms with Crippen LogP contribution < -0.4 is 15.4 Å². The third kappa shape index (κ3) is 4.96. The van der Waals surface area contributed by atoms with Crippen LogP contribution >= 0.6 is 0 Å². The summed E-state index contributed by atoms with van der Waals surface area (Å²) in [6, 6.07) is 8.39. The first-order chi connectivity index (χ1) is 11.0. The maximum Gasteiger partial charge on any atom is 0.223 e. The first-order valence-corrected chi connectivity index (χ1v) is 8.68. The molecule has 128 valence electrons. The Morgan fingerprint density at radius 2 is 2.13 bits per heavy atom. The molecule has 1 saturated heterocycles. The number of carbonyl (C=O) groups is 1. The van der Waals surface area contributed by atoms with E-state index in [2.05, 4.69) is 37.5 Å². The van der Waals surface area contributed by atoms with Crippen molar-refractivity contribution in [2.24, 2.45) is 11.8 Å². The lowest BCUT2D eigenvalue weighted by molar-refractivity contribution is -0.127. The molecule has 1 fully saturated rings. The summed E-state index contributed by atoms with van der Waals surface area (Å²) in [5.74, 6) is 1.62. The van der Waals surface area contributed by atoms with E-state index in [0.717, 1.165) is 37.1 Å². The lowest BCUT2D eigenvalue weighted by Crippen LogP contribution is -2.43. The van der Waals surface area contributed by atoms with E-state index in [0.29, 0.717) is 12.0 Å². The van der Waals surface area contributed by atoms with Crippen molar-refractivity contribution >= 4 is 5.91 Å². The van der Waals surface area contributed by atoms with E-state index in [1.165, 1.54) is 0 Å². The van der Waals surface area contributed by atoms with Crippen LogP contribution in [0.5, 0.6) is 5.75 Å². The van der Waals surface area contributed by atoms with E-state index >= 15 is 0 Å². The van der Waals surface area contributed by atoms with Gasteiger partial charge in [-0.3, -0.25) is 4.79 Å². The minimum atomic E-state index is 0.00356. The lowest BCUT2D eigenvalue weighted by Gasteiger charge is -2.30. The van der Waals surface area contributed by atoms with Crippen LogP contribution in [0.15, 0.2) is 24.3 Å². The van der Waals surface area contributed by atoms with Gasteiger partial charge in [-0.2, -0.15) is 0 Å². The number of carbonyl (C=O) groups excluding carboxylic acids is 1. The van der Waals surface area contributed by atoms with Gasteiger partial charge < -0.3 is 15.4 Å². The van der Waals surface area contributed by atoms with Gasteiger partial charge in [-0.1, -0.05) is 32.0 Å². The Kier molecular flexibility index (Phi) is 6.46. The number of para-hydroxylation sites is 1. The Hall–Kier alpha value is -1.55. The van der Waals surface area contributed by atoms with Gasteiger partial charge in [0.15, 0.2) is 0 Å². The van der Waals surface area contributed by atoms with E-state index in [9.17, 15) is 4.79 Å². The fourth-order valence-corrected chi connectivity index (χ4v) is 3.35. The van der Waals surface area contributed by atoms with Gasteiger partial charge >= 0.3 is 0 Å². The Bertz CT molecular complexity index is 516. The van der Waals surface area contributed by atoms with Gasteiger partial charge in [-0.15, -0.1) is 0 Å². The van der Waals surface area contributed by atoms with Crippen LogP contribution in [0.25, 0.3) is 0 Å². The molecular weight excluding hydrogens is 288 g/mol. The molecule has 1 unspecified atom stereocenters. The fourth-order valence-electron chi connectivity index (χ4n) is 3.35. The fraction of sp³-hybridized carbons (Fsp3) is 0.632. The van der Waals surface area contributed by atoms with Crippen molar-refractivity contribution in [1.29, 1.82) is 0 Å². The van der Waals surface area contributed by atoms with Crippen molar-refractivity contribution in [1.82, 2.24) is 10.6 Å². The molecule has 1 aliphatic heterocycles. The highest BCUT2D eigenvalue weighted by Crippen LogP contribution is 2.30. The summed E-state index contributed by atoms with van der Waals surface area (Å²) < 4.78 is 5.49. The number of hydrogen-bond acceptors (Lipinski definition) is 3. The molecule has 1 amide bonds. The molecule has 3 atom stereocenters. The quantitative estimate of drug-likeness (QED) is 0.846. The Morgan fingerprint density at radius 3 is 2.78 bits per heavy atom. The van der Waals surface area contributed by atoms with E-state index in [4.69, 9.17) is 4.74 Å². The monoisotopic (exact) mass is 318 g/mol. The summed E-state index contributed by atoms with van der Waals surface area (Å²) in [7, 11) is 1.68. The molecule has 4 heteroatoms. The van der Waals surface area contributed by atoms with E-state index in [1.54, 1.807) is 7.11 Å². The first kappa shape index (κ1) is 17.8. The van der Waals surface area contributed by atoms with Crippen LogP contribution in [-0.4, -0.2) is 25.6 Å². The van der Waals surface area contributed by atoms with Gasteiger partial charge in [0.2, 0.25) is 5.91 Å². The molecule has 1 heterocycles. The average Bonchev–Trinajstić information content (AvgIpc) is 2.53. The van der Waals surface area contributed by atoms with E-state index < -0.39 is 0 Å². The predicted octanol–water partition coefficient (Wildman–Crippen LogP) is 3.29. The standard InChI is InChI=1S/C19H30N2O2/c1-13(2)11-17(16-7-5-6-8-18(16)23-4)21-19(22)15-9-10-20-14(3)12-15/h5-8,13-15,17,20H,9-12H2,1-4H3,(H,21,22)/t14-,15-,17?/m0/s1. The van der Waals surface area contributed by atoms with Gasteiger partial charge in [-0.25, -0.2) is 0 Å². The Morgan fingerprint density at radius 1 is 1.39 bits per heavy atom. The molecule has 23 heavy (non-hydrogen) atoms. The number of benzene rings is 1. The number of methoxy groups -OCH3 is 1. The molecule has 0 spiro atoms. The van der Waals surface area contributed by atoms with Crippen molar-refractivity contribution < 1.29 is 9.53 Å². The van der Waals surface area contributed by atoms with Crippen LogP contribution in [0.2, 0.25) is 0 Å². The maximum absolute atomic E-state index is 12.7. The SMILES string of the molecule is COc1ccccc1C(CC(C)C)NC(=O)[C@H]1CCN[C@@H](C)C1. The Labute approximate surface area is 140 Å². The number of rotatable bonds is 6. The molecule has 0 bridgehead atoms. The topological polar surface area (TPSA) is 50.4 Å². The number of amides is 1. The van der Waals surface area contributed by atoms with Crippen LogP contribution in [0.1, 0.15) is 51.6 Å². The molecule has 1 aliphatic rings. The number of nitrogens with one attached hydrogen (secondary N) is 2. The van der Waals surface area contributed by atoms with Gasteiger partial charge in [0.05, 0.1) is 13.2 Å². The molecule has 4 nitrogen and oxygen atoms in total. The second kappa shape index (κ2) is 8.34. The molecule has 2 rings (SSSR count). The van der Waals surface area contributed by atoms with E-state index in [1.807, 2.05) is 18.2 Å². The summed E-state index contributed by atoms with van der Waals surface area (Å²) in [6.07, 6.45) is 2.73. The normalized spacial score (nSPS) is 22.7. The largest absolute Gasteiger partial charge is 0.496 e. The van der Waals surface area contributed by atoms with E-state index in [-0.39, 0.29) is 17.9 Å². The molecule has 1 aromatic carbocycles. The second-order valence-electron chi connectivity index (χ2n) is 7.01. The zero-order valence-electron chi connectivity index (χ0n) is 14.8. The predicted molar refractivity (Wildman–Crippen MR) is 93.5 cm³/mol. The van der Waals surface area contributed by atoms with Gasteiger partial charge in [-0.05, 0) is 44.7 Å². The third-order valence-electron chi connectivity index (χ3n) is 4.53. The smallest absolute Gasteiger partial charge is 0.223 e.